The van der Waals surface area contributed by atoms with Crippen LogP contribution in [0.5, 0.6) is 5.75 Å². The van der Waals surface area contributed by atoms with E-state index in [9.17, 15) is 14.5 Å². The molecule has 0 aliphatic heterocycles. The van der Waals surface area contributed by atoms with Crippen LogP contribution in [0.2, 0.25) is 0 Å². The van der Waals surface area contributed by atoms with Gasteiger partial charge in [-0.15, -0.1) is 0 Å². The second-order valence-electron chi connectivity index (χ2n) is 7.78. The number of hydrogen-bond donors (Lipinski definition) is 1. The Bertz CT molecular complexity index is 1240. The molecule has 2 heterocycles. The normalized spacial score (nSPS) is 14.0. The highest BCUT2D eigenvalue weighted by molar-refractivity contribution is 5.85. The van der Waals surface area contributed by atoms with Crippen molar-refractivity contribution in [3.63, 3.8) is 0 Å². The maximum Gasteiger partial charge on any atom is 0.307 e. The molecule has 0 amide bonds. The van der Waals surface area contributed by atoms with E-state index < -0.39 is 16.4 Å². The lowest BCUT2D eigenvalue weighted by Gasteiger charge is -2.16. The number of nitro benzene ring substituents is 1. The van der Waals surface area contributed by atoms with Gasteiger partial charge in [0.2, 0.25) is 11.8 Å². The van der Waals surface area contributed by atoms with Gasteiger partial charge < -0.3 is 10.1 Å². The molecule has 0 radical (unpaired) electrons. The minimum atomic E-state index is -0.986. The number of methoxy groups -OCH3 is 1. The molecule has 0 atom stereocenters. The molecule has 2 aromatic heterocycles. The number of rotatable bonds is 5. The van der Waals surface area contributed by atoms with Crippen molar-refractivity contribution in [2.75, 3.05) is 12.4 Å². The minimum Gasteiger partial charge on any atom is -0.494 e. The molecular weight excluding hydrogens is 401 g/mol. The Kier molecular flexibility index (Phi) is 4.88. The van der Waals surface area contributed by atoms with Gasteiger partial charge in [0.15, 0.2) is 0 Å². The van der Waals surface area contributed by atoms with E-state index in [1.165, 1.54) is 7.11 Å². The first-order valence-electron chi connectivity index (χ1n) is 9.53. The largest absolute Gasteiger partial charge is 0.494 e. The fourth-order valence-electron chi connectivity index (χ4n) is 3.62. The smallest absolute Gasteiger partial charge is 0.307 e. The highest BCUT2D eigenvalue weighted by Crippen LogP contribution is 2.42. The minimum absolute atomic E-state index is 0.100. The Morgan fingerprint density at radius 3 is 2.68 bits per heavy atom. The number of aromatic nitrogens is 3. The number of aryl methyl sites for hydroxylation is 1. The molecule has 8 nitrogen and oxygen atoms in total. The van der Waals surface area contributed by atoms with E-state index in [-0.39, 0.29) is 22.8 Å². The molecule has 0 fully saturated rings. The van der Waals surface area contributed by atoms with Crippen LogP contribution in [0.15, 0.2) is 42.6 Å². The Morgan fingerprint density at radius 2 is 1.97 bits per heavy atom. The number of nitrogens with one attached hydrogen (secondary N) is 1. The summed E-state index contributed by atoms with van der Waals surface area (Å²) in [5.41, 5.74) is 3.77. The van der Waals surface area contributed by atoms with Gasteiger partial charge in [-0.2, -0.15) is 4.39 Å². The SMILES string of the molecule is COc1cc(F)c([N+](=O)[O-])cc1Nc1nccc(C2=CC(C)(C)c3nc(C)ccc32)n1. The molecule has 158 valence electrons. The lowest BCUT2D eigenvalue weighted by molar-refractivity contribution is -0.387. The predicted octanol–water partition coefficient (Wildman–Crippen LogP) is 4.70. The van der Waals surface area contributed by atoms with Gasteiger partial charge in [0.1, 0.15) is 5.75 Å². The zero-order valence-corrected chi connectivity index (χ0v) is 17.4. The van der Waals surface area contributed by atoms with Crippen molar-refractivity contribution in [3.8, 4) is 5.75 Å². The van der Waals surface area contributed by atoms with Gasteiger partial charge in [-0.25, -0.2) is 9.97 Å². The molecule has 9 heteroatoms. The molecule has 4 rings (SSSR count). The third-order valence-corrected chi connectivity index (χ3v) is 5.08. The van der Waals surface area contributed by atoms with Crippen molar-refractivity contribution in [1.82, 2.24) is 15.0 Å². The van der Waals surface area contributed by atoms with Gasteiger partial charge in [0, 0.05) is 40.6 Å². The van der Waals surface area contributed by atoms with Crippen LogP contribution in [-0.2, 0) is 5.41 Å². The van der Waals surface area contributed by atoms with E-state index in [0.29, 0.717) is 5.69 Å². The summed E-state index contributed by atoms with van der Waals surface area (Å²) in [7, 11) is 1.35. The van der Waals surface area contributed by atoms with Gasteiger partial charge in [0.25, 0.3) is 0 Å². The first-order chi connectivity index (χ1) is 14.7. The molecule has 0 saturated heterocycles. The number of nitro groups is 1. The summed E-state index contributed by atoms with van der Waals surface area (Å²) in [6, 6.07) is 7.78. The summed E-state index contributed by atoms with van der Waals surface area (Å²) in [6.45, 7) is 6.14. The Morgan fingerprint density at radius 1 is 1.19 bits per heavy atom. The predicted molar refractivity (Wildman–Crippen MR) is 114 cm³/mol. The highest BCUT2D eigenvalue weighted by atomic mass is 19.1. The average Bonchev–Trinajstić information content (AvgIpc) is 2.99. The zero-order valence-electron chi connectivity index (χ0n) is 17.4. The number of allylic oxidation sites excluding steroid dienone is 1. The van der Waals surface area contributed by atoms with E-state index in [1.54, 1.807) is 12.3 Å². The van der Waals surface area contributed by atoms with Crippen molar-refractivity contribution >= 4 is 22.9 Å². The number of halogens is 1. The van der Waals surface area contributed by atoms with Crippen LogP contribution in [0.25, 0.3) is 5.57 Å². The van der Waals surface area contributed by atoms with Gasteiger partial charge >= 0.3 is 5.69 Å². The fraction of sp³-hybridized carbons (Fsp3) is 0.227. The molecule has 0 unspecified atom stereocenters. The Labute approximate surface area is 178 Å². The van der Waals surface area contributed by atoms with E-state index in [1.807, 2.05) is 19.1 Å². The number of pyridine rings is 1. The summed E-state index contributed by atoms with van der Waals surface area (Å²) in [4.78, 5) is 23.8. The summed E-state index contributed by atoms with van der Waals surface area (Å²) >= 11 is 0. The van der Waals surface area contributed by atoms with Crippen molar-refractivity contribution in [2.45, 2.75) is 26.2 Å². The van der Waals surface area contributed by atoms with Crippen LogP contribution in [-0.4, -0.2) is 27.0 Å². The number of anilines is 2. The standard InChI is InChI=1S/C22H20FN5O3/c1-12-5-6-13-14(11-22(2,3)20(13)25-12)16-7-8-24-21(26-16)27-17-10-18(28(29)30)15(23)9-19(17)31-4/h5-11H,1-4H3,(H,24,26,27). The number of benzene rings is 1. The third-order valence-electron chi connectivity index (χ3n) is 5.08. The lowest BCUT2D eigenvalue weighted by Crippen LogP contribution is -2.13. The van der Waals surface area contributed by atoms with Crippen LogP contribution >= 0.6 is 0 Å². The summed E-state index contributed by atoms with van der Waals surface area (Å²) in [5.74, 6) is -0.688. The van der Waals surface area contributed by atoms with Crippen molar-refractivity contribution in [2.24, 2.45) is 0 Å². The first kappa shape index (κ1) is 20.4. The van der Waals surface area contributed by atoms with E-state index in [0.717, 1.165) is 34.7 Å². The van der Waals surface area contributed by atoms with Crippen LogP contribution in [0.1, 0.15) is 36.5 Å². The summed E-state index contributed by atoms with van der Waals surface area (Å²) in [6.07, 6.45) is 3.70. The van der Waals surface area contributed by atoms with Crippen LogP contribution < -0.4 is 10.1 Å². The average molecular weight is 421 g/mol. The Balaban J connectivity index is 1.73. The highest BCUT2D eigenvalue weighted by Gasteiger charge is 2.32. The molecule has 0 saturated carbocycles. The number of ether oxygens (including phenoxy) is 1. The summed E-state index contributed by atoms with van der Waals surface area (Å²) in [5, 5.41) is 14.0. The molecule has 31 heavy (non-hydrogen) atoms. The van der Waals surface area contributed by atoms with Crippen LogP contribution in [0.3, 0.4) is 0 Å². The monoisotopic (exact) mass is 421 g/mol. The maximum absolute atomic E-state index is 13.9. The Hall–Kier alpha value is -3.88. The van der Waals surface area contributed by atoms with Gasteiger partial charge in [-0.1, -0.05) is 26.0 Å². The van der Waals surface area contributed by atoms with Crippen molar-refractivity contribution < 1.29 is 14.1 Å². The van der Waals surface area contributed by atoms with E-state index >= 15 is 0 Å². The molecule has 1 aromatic carbocycles. The molecule has 1 aliphatic rings. The number of fused-ring (bicyclic) bond motifs is 1. The van der Waals surface area contributed by atoms with Crippen molar-refractivity contribution in [3.05, 3.63) is 81.2 Å². The van der Waals surface area contributed by atoms with E-state index in [4.69, 9.17) is 9.72 Å². The van der Waals surface area contributed by atoms with Gasteiger partial charge in [-0.05, 0) is 19.1 Å². The molecular formula is C22H20FN5O3. The topological polar surface area (TPSA) is 103 Å². The third kappa shape index (κ3) is 3.70. The van der Waals surface area contributed by atoms with Crippen molar-refractivity contribution in [1.29, 1.82) is 0 Å². The summed E-state index contributed by atoms with van der Waals surface area (Å²) < 4.78 is 19.1. The second kappa shape index (κ2) is 7.42. The fourth-order valence-corrected chi connectivity index (χ4v) is 3.62. The van der Waals surface area contributed by atoms with Gasteiger partial charge in [-0.3, -0.25) is 15.1 Å². The quantitative estimate of drug-likeness (QED) is 0.470. The lowest BCUT2D eigenvalue weighted by atomic mass is 9.91. The molecule has 3 aromatic rings. The molecule has 1 N–H and O–H groups in total. The van der Waals surface area contributed by atoms with Crippen LogP contribution in [0, 0.1) is 22.9 Å². The van der Waals surface area contributed by atoms with Crippen LogP contribution in [0.4, 0.5) is 21.7 Å². The second-order valence-corrected chi connectivity index (χ2v) is 7.78. The molecule has 1 aliphatic carbocycles. The maximum atomic E-state index is 13.9. The molecule has 0 spiro atoms. The molecule has 0 bridgehead atoms. The van der Waals surface area contributed by atoms with Gasteiger partial charge in [0.05, 0.1) is 29.1 Å². The number of nitrogens with zero attached hydrogens (tertiary/aromatic N) is 4. The first-order valence-corrected chi connectivity index (χ1v) is 9.53. The zero-order chi connectivity index (χ0) is 22.3. The number of hydrogen-bond acceptors (Lipinski definition) is 7. The van der Waals surface area contributed by atoms with E-state index in [2.05, 4.69) is 35.2 Å².